The van der Waals surface area contributed by atoms with Gasteiger partial charge in [-0.05, 0) is 30.3 Å². The number of pyridine rings is 1. The van der Waals surface area contributed by atoms with Crippen molar-refractivity contribution in [2.75, 3.05) is 11.1 Å². The van der Waals surface area contributed by atoms with E-state index in [2.05, 4.69) is 10.3 Å². The lowest BCUT2D eigenvalue weighted by Gasteiger charge is -2.07. The number of aromatic nitrogens is 1. The lowest BCUT2D eigenvalue weighted by atomic mass is 10.2. The minimum absolute atomic E-state index is 0.174. The largest absolute Gasteiger partial charge is 0.397 e. The van der Waals surface area contributed by atoms with Crippen LogP contribution < -0.4 is 11.1 Å². The van der Waals surface area contributed by atoms with Gasteiger partial charge in [-0.3, -0.25) is 4.79 Å². The fourth-order valence-corrected chi connectivity index (χ4v) is 1.53. The summed E-state index contributed by atoms with van der Waals surface area (Å²) < 4.78 is 0. The number of nitrogens with one attached hydrogen (secondary N) is 1. The summed E-state index contributed by atoms with van der Waals surface area (Å²) in [6.45, 7) is 0. The van der Waals surface area contributed by atoms with Crippen LogP contribution in [0, 0.1) is 22.7 Å². The number of nitriles is 2. The van der Waals surface area contributed by atoms with Gasteiger partial charge in [-0.2, -0.15) is 10.5 Å². The molecule has 6 heteroatoms. The van der Waals surface area contributed by atoms with Crippen molar-refractivity contribution >= 4 is 17.3 Å². The molecule has 0 fully saturated rings. The molecule has 0 aliphatic carbocycles. The van der Waals surface area contributed by atoms with E-state index in [1.807, 2.05) is 12.1 Å². The molecule has 0 unspecified atom stereocenters. The van der Waals surface area contributed by atoms with E-state index >= 15 is 0 Å². The number of benzene rings is 1. The number of amides is 1. The van der Waals surface area contributed by atoms with Crippen LogP contribution in [0.1, 0.15) is 21.6 Å². The van der Waals surface area contributed by atoms with E-state index in [0.717, 1.165) is 0 Å². The molecule has 0 bridgehead atoms. The van der Waals surface area contributed by atoms with Crippen LogP contribution in [0.15, 0.2) is 36.5 Å². The molecule has 0 saturated heterocycles. The smallest absolute Gasteiger partial charge is 0.274 e. The predicted molar refractivity (Wildman–Crippen MR) is 72.5 cm³/mol. The third-order valence-electron chi connectivity index (χ3n) is 2.55. The zero-order valence-corrected chi connectivity index (χ0v) is 10.3. The Morgan fingerprint density at radius 2 is 1.85 bits per heavy atom. The third kappa shape index (κ3) is 2.71. The van der Waals surface area contributed by atoms with Gasteiger partial charge in [-0.15, -0.1) is 0 Å². The average molecular weight is 263 g/mol. The molecule has 3 N–H and O–H groups in total. The van der Waals surface area contributed by atoms with Crippen molar-refractivity contribution in [2.24, 2.45) is 0 Å². The first-order valence-electron chi connectivity index (χ1n) is 5.61. The van der Waals surface area contributed by atoms with Gasteiger partial charge in [0.15, 0.2) is 0 Å². The molecule has 6 nitrogen and oxygen atoms in total. The summed E-state index contributed by atoms with van der Waals surface area (Å²) in [6.07, 6.45) is 1.32. The van der Waals surface area contributed by atoms with Crippen LogP contribution in [0.5, 0.6) is 0 Å². The molecule has 1 aromatic heterocycles. The summed E-state index contributed by atoms with van der Waals surface area (Å²) in [5.74, 6) is -0.439. The van der Waals surface area contributed by atoms with Crippen LogP contribution in [-0.2, 0) is 0 Å². The first kappa shape index (κ1) is 13.1. The Bertz CT molecular complexity index is 738. The molecule has 0 aliphatic rings. The molecular weight excluding hydrogens is 254 g/mol. The predicted octanol–water partition coefficient (Wildman–Crippen LogP) is 1.66. The quantitative estimate of drug-likeness (QED) is 0.799. The Labute approximate surface area is 115 Å². The molecule has 1 aromatic carbocycles. The second-order valence-electron chi connectivity index (χ2n) is 3.91. The van der Waals surface area contributed by atoms with Crippen LogP contribution in [-0.4, -0.2) is 10.9 Å². The highest BCUT2D eigenvalue weighted by Gasteiger charge is 2.09. The van der Waals surface area contributed by atoms with Gasteiger partial charge in [0.2, 0.25) is 0 Å². The molecule has 1 heterocycles. The van der Waals surface area contributed by atoms with Gasteiger partial charge in [0.05, 0.1) is 28.6 Å². The van der Waals surface area contributed by atoms with Gasteiger partial charge in [0.1, 0.15) is 11.8 Å². The maximum atomic E-state index is 11.9. The van der Waals surface area contributed by atoms with Gasteiger partial charge in [0.25, 0.3) is 5.91 Å². The number of hydrogen-bond acceptors (Lipinski definition) is 5. The average Bonchev–Trinajstić information content (AvgIpc) is 2.49. The number of nitrogens with zero attached hydrogens (tertiary/aromatic N) is 3. The number of rotatable bonds is 2. The van der Waals surface area contributed by atoms with Gasteiger partial charge >= 0.3 is 0 Å². The van der Waals surface area contributed by atoms with Gasteiger partial charge < -0.3 is 11.1 Å². The summed E-state index contributed by atoms with van der Waals surface area (Å²) in [7, 11) is 0. The number of anilines is 2. The van der Waals surface area contributed by atoms with Crippen LogP contribution in [0.2, 0.25) is 0 Å². The molecule has 0 aliphatic heterocycles. The number of carbonyl (C=O) groups is 1. The Hall–Kier alpha value is -3.38. The first-order valence-corrected chi connectivity index (χ1v) is 5.61. The second-order valence-corrected chi connectivity index (χ2v) is 3.91. The lowest BCUT2D eigenvalue weighted by molar-refractivity contribution is 0.102. The summed E-state index contributed by atoms with van der Waals surface area (Å²) in [5, 5.41) is 20.0. The summed E-state index contributed by atoms with van der Waals surface area (Å²) >= 11 is 0. The Morgan fingerprint density at radius 3 is 2.40 bits per heavy atom. The minimum Gasteiger partial charge on any atom is -0.397 e. The lowest BCUT2D eigenvalue weighted by Crippen LogP contribution is -2.14. The molecule has 0 saturated carbocycles. The van der Waals surface area contributed by atoms with E-state index in [1.165, 1.54) is 24.4 Å². The first-order chi connectivity index (χ1) is 9.63. The molecule has 20 heavy (non-hydrogen) atoms. The van der Waals surface area contributed by atoms with E-state index < -0.39 is 5.91 Å². The van der Waals surface area contributed by atoms with E-state index in [-0.39, 0.29) is 5.69 Å². The standard InChI is InChI=1S/C14H9N5O/c15-6-9-1-3-12(11(17)5-9)19-14(20)13-4-2-10(7-16)8-18-13/h1-5,8H,17H2,(H,19,20). The molecule has 2 rings (SSSR count). The third-order valence-corrected chi connectivity index (χ3v) is 2.55. The zero-order valence-electron chi connectivity index (χ0n) is 10.3. The van der Waals surface area contributed by atoms with Crippen molar-refractivity contribution in [3.05, 3.63) is 53.3 Å². The number of hydrogen-bond donors (Lipinski definition) is 2. The van der Waals surface area contributed by atoms with Crippen LogP contribution in [0.25, 0.3) is 0 Å². The van der Waals surface area contributed by atoms with E-state index in [1.54, 1.807) is 12.1 Å². The van der Waals surface area contributed by atoms with E-state index in [0.29, 0.717) is 22.5 Å². The van der Waals surface area contributed by atoms with Crippen molar-refractivity contribution in [3.8, 4) is 12.1 Å². The molecule has 2 aromatic rings. The molecular formula is C14H9N5O. The van der Waals surface area contributed by atoms with E-state index in [9.17, 15) is 4.79 Å². The van der Waals surface area contributed by atoms with E-state index in [4.69, 9.17) is 16.3 Å². The fourth-order valence-electron chi connectivity index (χ4n) is 1.53. The van der Waals surface area contributed by atoms with Gasteiger partial charge in [-0.25, -0.2) is 4.98 Å². The zero-order chi connectivity index (χ0) is 14.5. The van der Waals surface area contributed by atoms with Crippen LogP contribution in [0.3, 0.4) is 0 Å². The monoisotopic (exact) mass is 263 g/mol. The molecule has 0 atom stereocenters. The number of carbonyl (C=O) groups excluding carboxylic acids is 1. The summed E-state index contributed by atoms with van der Waals surface area (Å²) in [6, 6.07) is 11.4. The molecule has 0 spiro atoms. The number of nitrogens with two attached hydrogens (primary N) is 1. The number of nitrogen functional groups attached to an aromatic ring is 1. The van der Waals surface area contributed by atoms with Crippen molar-refractivity contribution in [1.29, 1.82) is 10.5 Å². The molecule has 96 valence electrons. The Kier molecular flexibility index (Phi) is 3.60. The fraction of sp³-hybridized carbons (Fsp3) is 0. The van der Waals surface area contributed by atoms with Crippen molar-refractivity contribution in [2.45, 2.75) is 0 Å². The highest BCUT2D eigenvalue weighted by atomic mass is 16.1. The van der Waals surface area contributed by atoms with Crippen molar-refractivity contribution in [3.63, 3.8) is 0 Å². The topological polar surface area (TPSA) is 116 Å². The Balaban J connectivity index is 2.19. The highest BCUT2D eigenvalue weighted by molar-refractivity contribution is 6.04. The molecule has 1 amide bonds. The second kappa shape index (κ2) is 5.51. The van der Waals surface area contributed by atoms with Gasteiger partial charge in [-0.1, -0.05) is 0 Å². The van der Waals surface area contributed by atoms with Crippen LogP contribution >= 0.6 is 0 Å². The summed E-state index contributed by atoms with van der Waals surface area (Å²) in [4.78, 5) is 15.8. The van der Waals surface area contributed by atoms with Crippen LogP contribution in [0.4, 0.5) is 11.4 Å². The summed E-state index contributed by atoms with van der Waals surface area (Å²) in [5.41, 5.74) is 7.40. The van der Waals surface area contributed by atoms with Gasteiger partial charge in [0, 0.05) is 6.20 Å². The maximum absolute atomic E-state index is 11.9. The minimum atomic E-state index is -0.439. The highest BCUT2D eigenvalue weighted by Crippen LogP contribution is 2.20. The van der Waals surface area contributed by atoms with Crippen molar-refractivity contribution < 1.29 is 4.79 Å². The van der Waals surface area contributed by atoms with Crippen molar-refractivity contribution in [1.82, 2.24) is 4.98 Å². The normalized spacial score (nSPS) is 9.30. The SMILES string of the molecule is N#Cc1ccc(C(=O)Nc2ccc(C#N)cc2N)nc1. The maximum Gasteiger partial charge on any atom is 0.274 e. The Morgan fingerprint density at radius 1 is 1.15 bits per heavy atom. The molecule has 0 radical (unpaired) electrons.